The van der Waals surface area contributed by atoms with E-state index in [4.69, 9.17) is 0 Å². The van der Waals surface area contributed by atoms with Crippen molar-refractivity contribution in [3.8, 4) is 0 Å². The van der Waals surface area contributed by atoms with Crippen molar-refractivity contribution in [1.82, 2.24) is 10.2 Å². The molecule has 9 heteroatoms. The van der Waals surface area contributed by atoms with E-state index in [1.54, 1.807) is 43.3 Å². The Hall–Kier alpha value is -3.72. The van der Waals surface area contributed by atoms with E-state index >= 15 is 0 Å². The normalized spacial score (nSPS) is 12.2. The summed E-state index contributed by atoms with van der Waals surface area (Å²) < 4.78 is 42.1. The van der Waals surface area contributed by atoms with E-state index in [0.717, 1.165) is 15.4 Å². The first-order valence-corrected chi connectivity index (χ1v) is 13.8. The predicted octanol–water partition coefficient (Wildman–Crippen LogP) is 4.58. The molecule has 0 spiro atoms. The highest BCUT2D eigenvalue weighted by Crippen LogP contribution is 2.26. The minimum absolute atomic E-state index is 0.00204. The molecule has 0 fully saturated rings. The topological polar surface area (TPSA) is 86.8 Å². The van der Waals surface area contributed by atoms with Crippen molar-refractivity contribution in [3.63, 3.8) is 0 Å². The highest BCUT2D eigenvalue weighted by Gasteiger charge is 2.32. The quantitative estimate of drug-likeness (QED) is 0.409. The number of halogens is 1. The Kier molecular flexibility index (Phi) is 9.27. The zero-order valence-electron chi connectivity index (χ0n) is 22.3. The van der Waals surface area contributed by atoms with E-state index in [0.29, 0.717) is 11.3 Å². The van der Waals surface area contributed by atoms with Crippen molar-refractivity contribution in [1.29, 1.82) is 0 Å². The van der Waals surface area contributed by atoms with Crippen LogP contribution in [0.3, 0.4) is 0 Å². The summed E-state index contributed by atoms with van der Waals surface area (Å²) in [6.45, 7) is 8.46. The number of nitrogens with one attached hydrogen (secondary N) is 1. The molecule has 0 aliphatic rings. The molecule has 3 rings (SSSR count). The lowest BCUT2D eigenvalue weighted by Crippen LogP contribution is -2.52. The van der Waals surface area contributed by atoms with E-state index in [1.807, 2.05) is 27.7 Å². The van der Waals surface area contributed by atoms with Crippen molar-refractivity contribution < 1.29 is 22.4 Å². The molecule has 3 aromatic rings. The molecule has 0 radical (unpaired) electrons. The van der Waals surface area contributed by atoms with E-state index in [-0.39, 0.29) is 23.4 Å². The van der Waals surface area contributed by atoms with Gasteiger partial charge in [-0.15, -0.1) is 0 Å². The number of carbonyl (C=O) groups is 2. The number of sulfonamides is 1. The van der Waals surface area contributed by atoms with Crippen LogP contribution in [-0.2, 0) is 26.2 Å². The van der Waals surface area contributed by atoms with E-state index in [9.17, 15) is 22.4 Å². The zero-order chi connectivity index (χ0) is 28.0. The fourth-order valence-corrected chi connectivity index (χ4v) is 5.33. The smallest absolute Gasteiger partial charge is 0.264 e. The Morgan fingerprint density at radius 1 is 0.895 bits per heavy atom. The van der Waals surface area contributed by atoms with Crippen LogP contribution in [0.25, 0.3) is 0 Å². The summed E-state index contributed by atoms with van der Waals surface area (Å²) in [6.07, 6.45) is 0. The molecule has 2 amide bonds. The van der Waals surface area contributed by atoms with Gasteiger partial charge < -0.3 is 10.2 Å². The van der Waals surface area contributed by atoms with Gasteiger partial charge in [0.2, 0.25) is 11.8 Å². The molecule has 202 valence electrons. The second kappa shape index (κ2) is 12.2. The number of hydrogen-bond donors (Lipinski definition) is 1. The minimum atomic E-state index is -4.12. The Morgan fingerprint density at radius 3 is 2.11 bits per heavy atom. The fraction of sp³-hybridized carbons (Fsp3) is 0.310. The number of benzene rings is 3. The minimum Gasteiger partial charge on any atom is -0.352 e. The maximum absolute atomic E-state index is 13.8. The number of rotatable bonds is 10. The maximum Gasteiger partial charge on any atom is 0.264 e. The number of aryl methyl sites for hydroxylation is 2. The molecule has 7 nitrogen and oxygen atoms in total. The molecular formula is C29H34FN3O4S. The van der Waals surface area contributed by atoms with Gasteiger partial charge >= 0.3 is 0 Å². The molecule has 3 aromatic carbocycles. The monoisotopic (exact) mass is 539 g/mol. The summed E-state index contributed by atoms with van der Waals surface area (Å²) >= 11 is 0. The van der Waals surface area contributed by atoms with Gasteiger partial charge in [-0.2, -0.15) is 0 Å². The second-order valence-corrected chi connectivity index (χ2v) is 11.4. The van der Waals surface area contributed by atoms with Crippen LogP contribution in [-0.4, -0.2) is 43.8 Å². The van der Waals surface area contributed by atoms with Crippen molar-refractivity contribution in [2.75, 3.05) is 10.8 Å². The lowest BCUT2D eigenvalue weighted by Gasteiger charge is -2.32. The summed E-state index contributed by atoms with van der Waals surface area (Å²) in [7, 11) is -4.12. The molecule has 1 unspecified atom stereocenters. The van der Waals surface area contributed by atoms with Gasteiger partial charge in [0, 0.05) is 12.6 Å². The van der Waals surface area contributed by atoms with Crippen LogP contribution in [0.4, 0.5) is 10.1 Å². The van der Waals surface area contributed by atoms with Crippen molar-refractivity contribution in [2.45, 2.75) is 58.1 Å². The van der Waals surface area contributed by atoms with Crippen LogP contribution < -0.4 is 9.62 Å². The molecule has 0 aliphatic heterocycles. The standard InChI is InChI=1S/C29H34FN3O4S/c1-20(2)31-29(35)23(5)32(18-24-12-14-25(30)15-13-24)28(34)19-33(26-16-11-21(3)22(4)17-26)38(36,37)27-9-7-6-8-10-27/h6-17,20,23H,18-19H2,1-5H3,(H,31,35). The maximum atomic E-state index is 13.8. The highest BCUT2D eigenvalue weighted by molar-refractivity contribution is 7.92. The third-order valence-electron chi connectivity index (χ3n) is 6.25. The average molecular weight is 540 g/mol. The molecular weight excluding hydrogens is 505 g/mol. The number of hydrogen-bond acceptors (Lipinski definition) is 4. The van der Waals surface area contributed by atoms with Gasteiger partial charge in [0.05, 0.1) is 10.6 Å². The number of anilines is 1. The summed E-state index contributed by atoms with van der Waals surface area (Å²) in [6, 6.07) is 17.6. The van der Waals surface area contributed by atoms with Gasteiger partial charge in [-0.1, -0.05) is 36.4 Å². The second-order valence-electron chi connectivity index (χ2n) is 9.58. The van der Waals surface area contributed by atoms with Gasteiger partial charge in [0.15, 0.2) is 0 Å². The third-order valence-corrected chi connectivity index (χ3v) is 8.04. The average Bonchev–Trinajstić information content (AvgIpc) is 2.88. The Bertz CT molecular complexity index is 1380. The molecule has 0 heterocycles. The van der Waals surface area contributed by atoms with Crippen LogP contribution in [0, 0.1) is 19.7 Å². The van der Waals surface area contributed by atoms with E-state index in [2.05, 4.69) is 5.32 Å². The third kappa shape index (κ3) is 6.98. The molecule has 0 aliphatic carbocycles. The molecule has 1 atom stereocenters. The van der Waals surface area contributed by atoms with Crippen LogP contribution in [0.2, 0.25) is 0 Å². The van der Waals surface area contributed by atoms with Gasteiger partial charge in [-0.3, -0.25) is 13.9 Å². The molecule has 0 saturated carbocycles. The Morgan fingerprint density at radius 2 is 1.53 bits per heavy atom. The van der Waals surface area contributed by atoms with Crippen LogP contribution in [0.5, 0.6) is 0 Å². The Balaban J connectivity index is 2.04. The summed E-state index contributed by atoms with van der Waals surface area (Å²) in [5.41, 5.74) is 2.80. The molecule has 1 N–H and O–H groups in total. The molecule has 0 bridgehead atoms. The van der Waals surface area contributed by atoms with Gasteiger partial charge in [0.25, 0.3) is 10.0 Å². The zero-order valence-corrected chi connectivity index (χ0v) is 23.1. The van der Waals surface area contributed by atoms with Crippen LogP contribution in [0.15, 0.2) is 77.7 Å². The van der Waals surface area contributed by atoms with Gasteiger partial charge in [-0.05, 0) is 87.7 Å². The highest BCUT2D eigenvalue weighted by atomic mass is 32.2. The predicted molar refractivity (Wildman–Crippen MR) is 147 cm³/mol. The van der Waals surface area contributed by atoms with E-state index in [1.165, 1.54) is 41.3 Å². The number of amides is 2. The first kappa shape index (κ1) is 28.8. The lowest BCUT2D eigenvalue weighted by atomic mass is 10.1. The van der Waals surface area contributed by atoms with Crippen LogP contribution >= 0.6 is 0 Å². The first-order chi connectivity index (χ1) is 17.9. The molecule has 0 aromatic heterocycles. The summed E-state index contributed by atoms with van der Waals surface area (Å²) in [4.78, 5) is 28.1. The fourth-order valence-electron chi connectivity index (χ4n) is 3.90. The summed E-state index contributed by atoms with van der Waals surface area (Å²) in [5.74, 6) is -1.37. The van der Waals surface area contributed by atoms with Gasteiger partial charge in [-0.25, -0.2) is 12.8 Å². The van der Waals surface area contributed by atoms with E-state index < -0.39 is 34.3 Å². The number of nitrogens with zero attached hydrogens (tertiary/aromatic N) is 2. The first-order valence-electron chi connectivity index (χ1n) is 12.4. The van der Waals surface area contributed by atoms with Crippen LogP contribution in [0.1, 0.15) is 37.5 Å². The van der Waals surface area contributed by atoms with Crippen molar-refractivity contribution in [3.05, 3.63) is 95.3 Å². The largest absolute Gasteiger partial charge is 0.352 e. The lowest BCUT2D eigenvalue weighted by molar-refractivity contribution is -0.139. The SMILES string of the molecule is Cc1ccc(N(CC(=O)N(Cc2ccc(F)cc2)C(C)C(=O)NC(C)C)S(=O)(=O)c2ccccc2)cc1C. The van der Waals surface area contributed by atoms with Gasteiger partial charge in [0.1, 0.15) is 18.4 Å². The van der Waals surface area contributed by atoms with Crippen molar-refractivity contribution >= 4 is 27.5 Å². The molecule has 0 saturated heterocycles. The Labute approximate surface area is 224 Å². The summed E-state index contributed by atoms with van der Waals surface area (Å²) in [5, 5.41) is 2.80. The molecule has 38 heavy (non-hydrogen) atoms. The number of carbonyl (C=O) groups excluding carboxylic acids is 2. The van der Waals surface area contributed by atoms with Crippen molar-refractivity contribution in [2.24, 2.45) is 0 Å².